The molecule has 6 heteroatoms. The molecule has 1 saturated carbocycles. The molecule has 126 valence electrons. The quantitative estimate of drug-likeness (QED) is 0.935. The maximum Gasteiger partial charge on any atom is 0.282 e. The number of hydrogen-bond donors (Lipinski definition) is 1. The topological polar surface area (TPSA) is 46.9 Å². The number of fused-ring (bicyclic) bond motifs is 5. The average molecular weight is 331 g/mol. The van der Waals surface area contributed by atoms with E-state index in [-0.39, 0.29) is 11.5 Å². The molecule has 0 radical (unpaired) electrons. The molecule has 2 unspecified atom stereocenters. The van der Waals surface area contributed by atoms with Gasteiger partial charge < -0.3 is 5.32 Å². The lowest BCUT2D eigenvalue weighted by atomic mass is 9.84. The van der Waals surface area contributed by atoms with Gasteiger partial charge in [0.2, 0.25) is 0 Å². The lowest BCUT2D eigenvalue weighted by molar-refractivity contribution is 0.0865. The van der Waals surface area contributed by atoms with Gasteiger partial charge in [-0.2, -0.15) is 5.10 Å². The highest BCUT2D eigenvalue weighted by atomic mass is 19.3. The number of hydrogen-bond acceptors (Lipinski definition) is 2. The van der Waals surface area contributed by atoms with Crippen LogP contribution in [-0.4, -0.2) is 15.7 Å². The highest BCUT2D eigenvalue weighted by Crippen LogP contribution is 2.59. The van der Waals surface area contributed by atoms with Crippen molar-refractivity contribution in [1.29, 1.82) is 0 Å². The summed E-state index contributed by atoms with van der Waals surface area (Å²) in [6, 6.07) is 8.13. The van der Waals surface area contributed by atoms with Crippen molar-refractivity contribution in [2.45, 2.75) is 37.6 Å². The summed E-state index contributed by atoms with van der Waals surface area (Å²) in [6.45, 7) is 2.13. The Morgan fingerprint density at radius 3 is 2.92 bits per heavy atom. The van der Waals surface area contributed by atoms with Crippen LogP contribution in [0.25, 0.3) is 0 Å². The first-order valence-electron chi connectivity index (χ1n) is 8.17. The normalized spacial score (nSPS) is 27.5. The number of nitrogens with zero attached hydrogens (tertiary/aromatic N) is 2. The molecule has 1 aromatic heterocycles. The Hall–Kier alpha value is -2.24. The predicted octanol–water partition coefficient (Wildman–Crippen LogP) is 3.51. The Bertz CT molecular complexity index is 816. The van der Waals surface area contributed by atoms with Gasteiger partial charge in [0.1, 0.15) is 5.69 Å². The van der Waals surface area contributed by atoms with E-state index < -0.39 is 23.6 Å². The van der Waals surface area contributed by atoms with Crippen LogP contribution in [-0.2, 0) is 12.6 Å². The van der Waals surface area contributed by atoms with Crippen molar-refractivity contribution in [2.75, 3.05) is 0 Å². The molecule has 1 N–H and O–H groups in total. The molecule has 1 aromatic carbocycles. The molecular weight excluding hydrogens is 312 g/mol. The summed E-state index contributed by atoms with van der Waals surface area (Å²) in [5.41, 5.74) is 1.44. The minimum atomic E-state index is -2.77. The van der Waals surface area contributed by atoms with Crippen molar-refractivity contribution in [3.8, 4) is 0 Å². The van der Waals surface area contributed by atoms with Gasteiger partial charge in [0, 0.05) is 13.2 Å². The van der Waals surface area contributed by atoms with Crippen molar-refractivity contribution < 1.29 is 13.6 Å². The average Bonchev–Trinajstić information content (AvgIpc) is 3.16. The zero-order valence-electron chi connectivity index (χ0n) is 13.6. The third-order valence-electron chi connectivity index (χ3n) is 5.72. The van der Waals surface area contributed by atoms with Crippen LogP contribution >= 0.6 is 0 Å². The Labute approximate surface area is 138 Å². The van der Waals surface area contributed by atoms with Crippen LogP contribution in [0.1, 0.15) is 59.3 Å². The van der Waals surface area contributed by atoms with Crippen molar-refractivity contribution in [3.63, 3.8) is 0 Å². The van der Waals surface area contributed by atoms with E-state index in [1.807, 2.05) is 18.2 Å². The molecular formula is C18H19F2N3O. The first kappa shape index (κ1) is 15.3. The second-order valence-corrected chi connectivity index (χ2v) is 6.85. The molecule has 1 fully saturated rings. The fraction of sp³-hybridized carbons (Fsp3) is 0.444. The molecule has 2 aromatic rings. The van der Waals surface area contributed by atoms with E-state index in [1.54, 1.807) is 7.05 Å². The van der Waals surface area contributed by atoms with E-state index in [9.17, 15) is 13.6 Å². The van der Waals surface area contributed by atoms with E-state index >= 15 is 0 Å². The monoisotopic (exact) mass is 331 g/mol. The molecule has 3 atom stereocenters. The second kappa shape index (κ2) is 5.13. The van der Waals surface area contributed by atoms with Gasteiger partial charge in [0.25, 0.3) is 12.3 Å². The van der Waals surface area contributed by atoms with E-state index in [4.69, 9.17) is 0 Å². The number of rotatable bonds is 3. The third kappa shape index (κ3) is 1.95. The predicted molar refractivity (Wildman–Crippen MR) is 84.9 cm³/mol. The molecule has 2 bridgehead atoms. The van der Waals surface area contributed by atoms with Crippen LogP contribution in [0.4, 0.5) is 8.78 Å². The molecule has 2 aliphatic carbocycles. The number of alkyl halides is 2. The number of aryl methyl sites for hydroxylation is 1. The maximum atomic E-state index is 13.2. The maximum absolute atomic E-state index is 13.2. The van der Waals surface area contributed by atoms with Gasteiger partial charge in [-0.25, -0.2) is 8.78 Å². The summed E-state index contributed by atoms with van der Waals surface area (Å²) in [5.74, 6) is 0.207. The largest absolute Gasteiger partial charge is 0.342 e. The Morgan fingerprint density at radius 2 is 2.17 bits per heavy atom. The highest BCUT2D eigenvalue weighted by molar-refractivity contribution is 5.96. The summed E-state index contributed by atoms with van der Waals surface area (Å²) in [4.78, 5) is 12.8. The Morgan fingerprint density at radius 1 is 1.42 bits per heavy atom. The number of amides is 1. The number of aromatic nitrogens is 2. The van der Waals surface area contributed by atoms with E-state index in [0.29, 0.717) is 5.92 Å². The van der Waals surface area contributed by atoms with Gasteiger partial charge in [0.15, 0.2) is 0 Å². The third-order valence-corrected chi connectivity index (χ3v) is 5.72. The minimum Gasteiger partial charge on any atom is -0.342 e. The van der Waals surface area contributed by atoms with E-state index in [2.05, 4.69) is 23.4 Å². The van der Waals surface area contributed by atoms with Crippen molar-refractivity contribution in [1.82, 2.24) is 15.1 Å². The molecule has 1 heterocycles. The highest BCUT2D eigenvalue weighted by Gasteiger charge is 2.55. The first-order valence-corrected chi connectivity index (χ1v) is 8.17. The van der Waals surface area contributed by atoms with Crippen molar-refractivity contribution in [3.05, 3.63) is 52.8 Å². The number of nitrogens with one attached hydrogen (secondary N) is 1. The summed E-state index contributed by atoms with van der Waals surface area (Å²) < 4.78 is 27.6. The fourth-order valence-electron chi connectivity index (χ4n) is 4.59. The van der Waals surface area contributed by atoms with Crippen molar-refractivity contribution in [2.24, 2.45) is 13.0 Å². The molecule has 24 heavy (non-hydrogen) atoms. The summed E-state index contributed by atoms with van der Waals surface area (Å²) >= 11 is 0. The van der Waals surface area contributed by atoms with Crippen molar-refractivity contribution >= 4 is 5.91 Å². The van der Waals surface area contributed by atoms with Crippen LogP contribution < -0.4 is 5.32 Å². The molecule has 1 amide bonds. The van der Waals surface area contributed by atoms with Crippen LogP contribution in [0, 0.1) is 5.92 Å². The zero-order valence-corrected chi connectivity index (χ0v) is 13.6. The second-order valence-electron chi connectivity index (χ2n) is 6.85. The molecule has 0 spiro atoms. The zero-order chi connectivity index (χ0) is 17.1. The van der Waals surface area contributed by atoms with E-state index in [1.165, 1.54) is 16.4 Å². The Kier molecular flexibility index (Phi) is 3.27. The fourth-order valence-corrected chi connectivity index (χ4v) is 4.59. The van der Waals surface area contributed by atoms with Gasteiger partial charge in [-0.15, -0.1) is 0 Å². The number of carbonyl (C=O) groups is 1. The number of halogens is 2. The van der Waals surface area contributed by atoms with Gasteiger partial charge in [0.05, 0.1) is 11.1 Å². The smallest absolute Gasteiger partial charge is 0.282 e. The van der Waals surface area contributed by atoms with Crippen LogP contribution in [0.3, 0.4) is 0 Å². The van der Waals surface area contributed by atoms with Gasteiger partial charge in [-0.3, -0.25) is 9.48 Å². The van der Waals surface area contributed by atoms with Gasteiger partial charge >= 0.3 is 0 Å². The first-order chi connectivity index (χ1) is 11.4. The van der Waals surface area contributed by atoms with Gasteiger partial charge in [-0.1, -0.05) is 31.2 Å². The van der Waals surface area contributed by atoms with Gasteiger partial charge in [-0.05, 0) is 35.8 Å². The Balaban J connectivity index is 1.72. The minimum absolute atomic E-state index is 0.0399. The molecule has 0 saturated heterocycles. The van der Waals surface area contributed by atoms with Crippen LogP contribution in [0.2, 0.25) is 0 Å². The number of carbonyl (C=O) groups excluding carboxylic acids is 1. The summed E-state index contributed by atoms with van der Waals surface area (Å²) in [5, 5.41) is 6.82. The molecule has 2 aliphatic rings. The summed E-state index contributed by atoms with van der Waals surface area (Å²) in [7, 11) is 1.54. The SMILES string of the molecule is CC1C2CC[C@]1(NC(=O)c1cn(C)nc1C(F)F)c1ccccc12. The number of benzene rings is 1. The molecule has 4 rings (SSSR count). The standard InChI is InChI=1S/C18H19F2N3O/c1-10-11-7-8-18(10,14-6-4-3-5-12(11)14)21-17(24)13-9-23(2)22-15(13)16(19)20/h3-6,9-11,16H,7-8H2,1-2H3,(H,21,24)/t10?,11?,18-/m1/s1. The molecule has 4 nitrogen and oxygen atoms in total. The molecule has 0 aliphatic heterocycles. The lowest BCUT2D eigenvalue weighted by Crippen LogP contribution is -2.46. The summed E-state index contributed by atoms with van der Waals surface area (Å²) in [6.07, 6.45) is 0.443. The lowest BCUT2D eigenvalue weighted by Gasteiger charge is -2.33. The van der Waals surface area contributed by atoms with Crippen LogP contribution in [0.15, 0.2) is 30.5 Å². The van der Waals surface area contributed by atoms with E-state index in [0.717, 1.165) is 18.4 Å². The van der Waals surface area contributed by atoms with Crippen LogP contribution in [0.5, 0.6) is 0 Å².